The molecule has 0 aromatic carbocycles. The first-order valence-electron chi connectivity index (χ1n) is 5.76. The van der Waals surface area contributed by atoms with Crippen LogP contribution in [0, 0.1) is 0 Å². The normalized spacial score (nSPS) is 22.1. The molecule has 2 aliphatic rings. The van der Waals surface area contributed by atoms with E-state index in [9.17, 15) is 4.79 Å². The monoisotopic (exact) mass is 221 g/mol. The quantitative estimate of drug-likeness (QED) is 0.806. The van der Waals surface area contributed by atoms with E-state index in [0.717, 1.165) is 24.5 Å². The molecule has 0 atom stereocenters. The summed E-state index contributed by atoms with van der Waals surface area (Å²) >= 11 is 0. The van der Waals surface area contributed by atoms with Crippen LogP contribution in [-0.2, 0) is 11.3 Å². The summed E-state index contributed by atoms with van der Waals surface area (Å²) in [6.07, 6.45) is 2.45. The summed E-state index contributed by atoms with van der Waals surface area (Å²) in [6, 6.07) is 2.03. The number of hydrogen-bond donors (Lipinski definition) is 1. The molecule has 1 saturated heterocycles. The van der Waals surface area contributed by atoms with Crippen molar-refractivity contribution in [1.82, 2.24) is 15.4 Å². The van der Waals surface area contributed by atoms with E-state index < -0.39 is 0 Å². The van der Waals surface area contributed by atoms with Crippen LogP contribution in [0.15, 0.2) is 10.6 Å². The number of nitrogens with zero attached hydrogens (tertiary/aromatic N) is 2. The lowest BCUT2D eigenvalue weighted by atomic mass is 10.2. The van der Waals surface area contributed by atoms with Gasteiger partial charge < -0.3 is 9.84 Å². The molecule has 1 aliphatic carbocycles. The fourth-order valence-corrected chi connectivity index (χ4v) is 2.02. The van der Waals surface area contributed by atoms with Gasteiger partial charge in [0.1, 0.15) is 5.76 Å². The van der Waals surface area contributed by atoms with Crippen molar-refractivity contribution >= 4 is 5.91 Å². The largest absolute Gasteiger partial charge is 0.361 e. The van der Waals surface area contributed by atoms with E-state index in [1.807, 2.05) is 6.07 Å². The molecule has 0 spiro atoms. The van der Waals surface area contributed by atoms with Gasteiger partial charge in [0.05, 0.1) is 12.2 Å². The molecule has 1 N–H and O–H groups in total. The number of hydrogen-bond acceptors (Lipinski definition) is 4. The van der Waals surface area contributed by atoms with E-state index in [2.05, 4.69) is 15.4 Å². The molecular formula is C11H15N3O2. The van der Waals surface area contributed by atoms with Crippen molar-refractivity contribution in [2.45, 2.75) is 25.3 Å². The van der Waals surface area contributed by atoms with Gasteiger partial charge in [-0.25, -0.2) is 0 Å². The lowest BCUT2D eigenvalue weighted by molar-refractivity contribution is -0.124. The van der Waals surface area contributed by atoms with Crippen LogP contribution in [0.5, 0.6) is 0 Å². The zero-order valence-corrected chi connectivity index (χ0v) is 9.11. The Morgan fingerprint density at radius 1 is 1.56 bits per heavy atom. The fraction of sp³-hybridized carbons (Fsp3) is 0.636. The number of piperazine rings is 1. The molecule has 1 amide bonds. The van der Waals surface area contributed by atoms with E-state index in [1.54, 1.807) is 0 Å². The van der Waals surface area contributed by atoms with Gasteiger partial charge >= 0.3 is 0 Å². The highest BCUT2D eigenvalue weighted by Crippen LogP contribution is 2.40. The highest BCUT2D eigenvalue weighted by atomic mass is 16.5. The molecule has 0 bridgehead atoms. The lowest BCUT2D eigenvalue weighted by Gasteiger charge is -2.25. The number of amides is 1. The number of rotatable bonds is 3. The van der Waals surface area contributed by atoms with Crippen LogP contribution in [0.4, 0.5) is 0 Å². The number of nitrogens with one attached hydrogen (secondary N) is 1. The minimum atomic E-state index is 0.0946. The van der Waals surface area contributed by atoms with Crippen LogP contribution in [0.1, 0.15) is 30.2 Å². The van der Waals surface area contributed by atoms with Gasteiger partial charge in [0.2, 0.25) is 5.91 Å². The van der Waals surface area contributed by atoms with E-state index in [1.165, 1.54) is 12.8 Å². The summed E-state index contributed by atoms with van der Waals surface area (Å²) in [5.74, 6) is 1.71. The van der Waals surface area contributed by atoms with Crippen LogP contribution in [0.25, 0.3) is 0 Å². The summed E-state index contributed by atoms with van der Waals surface area (Å²) in [6.45, 7) is 2.79. The number of carbonyl (C=O) groups excluding carboxylic acids is 1. The van der Waals surface area contributed by atoms with Crippen LogP contribution in [-0.4, -0.2) is 35.6 Å². The van der Waals surface area contributed by atoms with Crippen molar-refractivity contribution in [3.63, 3.8) is 0 Å². The Kier molecular flexibility index (Phi) is 2.40. The van der Waals surface area contributed by atoms with Crippen molar-refractivity contribution in [3.8, 4) is 0 Å². The molecule has 16 heavy (non-hydrogen) atoms. The van der Waals surface area contributed by atoms with Crippen molar-refractivity contribution in [1.29, 1.82) is 0 Å². The minimum Gasteiger partial charge on any atom is -0.361 e. The van der Waals surface area contributed by atoms with Crippen molar-refractivity contribution in [3.05, 3.63) is 17.5 Å². The molecule has 0 unspecified atom stereocenters. The van der Waals surface area contributed by atoms with Crippen LogP contribution >= 0.6 is 0 Å². The third-order valence-electron chi connectivity index (χ3n) is 3.06. The molecule has 1 aromatic heterocycles. The number of carbonyl (C=O) groups is 1. The Morgan fingerprint density at radius 3 is 3.19 bits per heavy atom. The Hall–Kier alpha value is -1.36. The van der Waals surface area contributed by atoms with E-state index in [4.69, 9.17) is 4.52 Å². The Morgan fingerprint density at radius 2 is 2.44 bits per heavy atom. The van der Waals surface area contributed by atoms with Gasteiger partial charge in [0.25, 0.3) is 0 Å². The van der Waals surface area contributed by atoms with Crippen molar-refractivity contribution in [2.24, 2.45) is 0 Å². The molecule has 3 rings (SSSR count). The summed E-state index contributed by atoms with van der Waals surface area (Å²) in [4.78, 5) is 13.3. The average Bonchev–Trinajstić information content (AvgIpc) is 3.01. The first-order chi connectivity index (χ1) is 7.81. The topological polar surface area (TPSA) is 58.4 Å². The van der Waals surface area contributed by atoms with Crippen LogP contribution in [0.3, 0.4) is 0 Å². The second-order valence-corrected chi connectivity index (χ2v) is 4.56. The van der Waals surface area contributed by atoms with E-state index in [0.29, 0.717) is 19.0 Å². The zero-order valence-electron chi connectivity index (χ0n) is 9.11. The lowest BCUT2D eigenvalue weighted by Crippen LogP contribution is -2.47. The summed E-state index contributed by atoms with van der Waals surface area (Å²) in [5.41, 5.74) is 0.941. The highest BCUT2D eigenvalue weighted by Gasteiger charge is 2.28. The summed E-state index contributed by atoms with van der Waals surface area (Å²) in [5, 5.41) is 6.85. The fourth-order valence-electron chi connectivity index (χ4n) is 2.02. The zero-order chi connectivity index (χ0) is 11.0. The maximum atomic E-state index is 11.2. The maximum absolute atomic E-state index is 11.2. The second kappa shape index (κ2) is 3.90. The third-order valence-corrected chi connectivity index (χ3v) is 3.06. The average molecular weight is 221 g/mol. The van der Waals surface area contributed by atoms with Gasteiger partial charge in [0, 0.05) is 31.6 Å². The molecule has 2 fully saturated rings. The van der Waals surface area contributed by atoms with Gasteiger partial charge in [-0.2, -0.15) is 0 Å². The van der Waals surface area contributed by atoms with Gasteiger partial charge in [0.15, 0.2) is 0 Å². The molecule has 1 saturated carbocycles. The molecule has 5 nitrogen and oxygen atoms in total. The Balaban J connectivity index is 1.61. The predicted molar refractivity (Wildman–Crippen MR) is 56.8 cm³/mol. The Labute approximate surface area is 93.8 Å². The van der Waals surface area contributed by atoms with Gasteiger partial charge in [-0.3, -0.25) is 9.69 Å². The molecule has 86 valence electrons. The summed E-state index contributed by atoms with van der Waals surface area (Å²) in [7, 11) is 0. The van der Waals surface area contributed by atoms with Crippen LogP contribution < -0.4 is 5.32 Å². The van der Waals surface area contributed by atoms with Gasteiger partial charge in [-0.15, -0.1) is 0 Å². The SMILES string of the molecule is O=C1CN(Cc2cc(C3CC3)on2)CCN1. The third kappa shape index (κ3) is 2.09. The first-order valence-corrected chi connectivity index (χ1v) is 5.76. The number of aromatic nitrogens is 1. The van der Waals surface area contributed by atoms with Crippen molar-refractivity contribution < 1.29 is 9.32 Å². The molecular weight excluding hydrogens is 206 g/mol. The second-order valence-electron chi connectivity index (χ2n) is 4.56. The smallest absolute Gasteiger partial charge is 0.234 e. The van der Waals surface area contributed by atoms with Crippen molar-refractivity contribution in [2.75, 3.05) is 19.6 Å². The molecule has 1 aromatic rings. The van der Waals surface area contributed by atoms with Gasteiger partial charge in [-0.1, -0.05) is 5.16 Å². The molecule has 1 aliphatic heterocycles. The molecule has 0 radical (unpaired) electrons. The summed E-state index contributed by atoms with van der Waals surface area (Å²) < 4.78 is 5.28. The predicted octanol–water partition coefficient (Wildman–Crippen LogP) is 0.484. The van der Waals surface area contributed by atoms with Gasteiger partial charge in [-0.05, 0) is 12.8 Å². The Bertz CT molecular complexity index is 398. The standard InChI is InChI=1S/C11H15N3O2/c15-11-7-14(4-3-12-11)6-9-5-10(16-13-9)8-1-2-8/h5,8H,1-4,6-7H2,(H,12,15). The van der Waals surface area contributed by atoms with Crippen LogP contribution in [0.2, 0.25) is 0 Å². The molecule has 5 heteroatoms. The van der Waals surface area contributed by atoms with E-state index >= 15 is 0 Å². The first kappa shape index (κ1) is 9.84. The minimum absolute atomic E-state index is 0.0946. The van der Waals surface area contributed by atoms with E-state index in [-0.39, 0.29) is 5.91 Å². The molecule has 2 heterocycles. The maximum Gasteiger partial charge on any atom is 0.234 e. The highest BCUT2D eigenvalue weighted by molar-refractivity contribution is 5.78.